The highest BCUT2D eigenvalue weighted by molar-refractivity contribution is 5.85. The van der Waals surface area contributed by atoms with Gasteiger partial charge in [0.1, 0.15) is 6.04 Å². The Morgan fingerprint density at radius 3 is 2.24 bits per heavy atom. The zero-order chi connectivity index (χ0) is 13.4. The summed E-state index contributed by atoms with van der Waals surface area (Å²) in [5.41, 5.74) is 0. The van der Waals surface area contributed by atoms with Gasteiger partial charge in [0.25, 0.3) is 0 Å². The largest absolute Gasteiger partial charge is 0.480 e. The minimum absolute atomic E-state index is 0.0453. The van der Waals surface area contributed by atoms with Crippen LogP contribution in [0.4, 0.5) is 0 Å². The van der Waals surface area contributed by atoms with Gasteiger partial charge in [-0.2, -0.15) is 0 Å². The lowest BCUT2D eigenvalue weighted by atomic mass is 10.0. The molecule has 6 nitrogen and oxygen atoms in total. The maximum absolute atomic E-state index is 11.4. The molecular formula is C11H19NO5. The molecule has 0 heterocycles. The standard InChI is InChI=1S/C11H19NO5/c1-7(2)6-8(11(15)16)12-9(13)4-5-10(14)17-3/h7-8H,4-6H2,1-3H3,(H,12,13)(H,15,16). The summed E-state index contributed by atoms with van der Waals surface area (Å²) < 4.78 is 4.38. The molecule has 0 saturated heterocycles. The average Bonchev–Trinajstić information content (AvgIpc) is 2.24. The molecule has 1 unspecified atom stereocenters. The molecule has 98 valence electrons. The molecule has 0 bridgehead atoms. The highest BCUT2D eigenvalue weighted by Gasteiger charge is 2.21. The second-order valence-corrected chi connectivity index (χ2v) is 4.16. The van der Waals surface area contributed by atoms with Crippen molar-refractivity contribution in [1.29, 1.82) is 0 Å². The number of rotatable bonds is 7. The second kappa shape index (κ2) is 7.65. The third-order valence-corrected chi connectivity index (χ3v) is 2.12. The molecule has 0 aromatic carbocycles. The topological polar surface area (TPSA) is 92.7 Å². The van der Waals surface area contributed by atoms with Gasteiger partial charge in [-0.1, -0.05) is 13.8 Å². The Hall–Kier alpha value is -1.59. The molecule has 6 heteroatoms. The Bertz CT molecular complexity index is 288. The fourth-order valence-corrected chi connectivity index (χ4v) is 1.28. The van der Waals surface area contributed by atoms with Crippen molar-refractivity contribution in [2.75, 3.05) is 7.11 Å². The van der Waals surface area contributed by atoms with Crippen molar-refractivity contribution < 1.29 is 24.2 Å². The molecule has 0 spiro atoms. The van der Waals surface area contributed by atoms with Crippen LogP contribution < -0.4 is 5.32 Å². The lowest BCUT2D eigenvalue weighted by Gasteiger charge is -2.16. The van der Waals surface area contributed by atoms with Gasteiger partial charge in [-0.15, -0.1) is 0 Å². The number of carbonyl (C=O) groups excluding carboxylic acids is 2. The number of hydrogen-bond donors (Lipinski definition) is 2. The number of amides is 1. The molecule has 0 rings (SSSR count). The van der Waals surface area contributed by atoms with Crippen LogP contribution in [0.1, 0.15) is 33.1 Å². The normalized spacial score (nSPS) is 12.0. The second-order valence-electron chi connectivity index (χ2n) is 4.16. The molecular weight excluding hydrogens is 226 g/mol. The van der Waals surface area contributed by atoms with E-state index in [1.165, 1.54) is 7.11 Å². The lowest BCUT2D eigenvalue weighted by Crippen LogP contribution is -2.41. The van der Waals surface area contributed by atoms with E-state index in [2.05, 4.69) is 10.1 Å². The SMILES string of the molecule is COC(=O)CCC(=O)NC(CC(C)C)C(=O)O. The minimum Gasteiger partial charge on any atom is -0.480 e. The van der Waals surface area contributed by atoms with E-state index in [1.807, 2.05) is 13.8 Å². The smallest absolute Gasteiger partial charge is 0.326 e. The molecule has 2 N–H and O–H groups in total. The summed E-state index contributed by atoms with van der Waals surface area (Å²) >= 11 is 0. The van der Waals surface area contributed by atoms with Crippen molar-refractivity contribution >= 4 is 17.8 Å². The molecule has 0 aliphatic rings. The maximum Gasteiger partial charge on any atom is 0.326 e. The number of ether oxygens (including phenoxy) is 1. The van der Waals surface area contributed by atoms with Crippen LogP contribution in [0.15, 0.2) is 0 Å². The Kier molecular flexibility index (Phi) is 6.93. The molecule has 17 heavy (non-hydrogen) atoms. The summed E-state index contributed by atoms with van der Waals surface area (Å²) in [4.78, 5) is 33.0. The molecule has 0 saturated carbocycles. The number of methoxy groups -OCH3 is 1. The highest BCUT2D eigenvalue weighted by atomic mass is 16.5. The first kappa shape index (κ1) is 15.4. The van der Waals surface area contributed by atoms with Crippen molar-refractivity contribution in [3.63, 3.8) is 0 Å². The molecule has 0 aliphatic carbocycles. The molecule has 1 atom stereocenters. The first-order valence-electron chi connectivity index (χ1n) is 5.45. The zero-order valence-electron chi connectivity index (χ0n) is 10.4. The summed E-state index contributed by atoms with van der Waals surface area (Å²) in [5, 5.41) is 11.3. The van der Waals surface area contributed by atoms with Crippen LogP contribution in [0.25, 0.3) is 0 Å². The minimum atomic E-state index is -1.06. The lowest BCUT2D eigenvalue weighted by molar-refractivity contribution is -0.143. The Labute approximate surface area is 100 Å². The van der Waals surface area contributed by atoms with E-state index in [0.717, 1.165) is 0 Å². The van der Waals surface area contributed by atoms with Gasteiger partial charge >= 0.3 is 11.9 Å². The Morgan fingerprint density at radius 1 is 1.24 bits per heavy atom. The first-order valence-corrected chi connectivity index (χ1v) is 5.45. The highest BCUT2D eigenvalue weighted by Crippen LogP contribution is 2.05. The number of esters is 1. The van der Waals surface area contributed by atoms with Gasteiger partial charge in [-0.05, 0) is 12.3 Å². The van der Waals surface area contributed by atoms with Crippen molar-refractivity contribution in [3.8, 4) is 0 Å². The number of hydrogen-bond acceptors (Lipinski definition) is 4. The van der Waals surface area contributed by atoms with Gasteiger partial charge in [0, 0.05) is 6.42 Å². The fourth-order valence-electron chi connectivity index (χ4n) is 1.28. The average molecular weight is 245 g/mol. The van der Waals surface area contributed by atoms with Crippen LogP contribution >= 0.6 is 0 Å². The van der Waals surface area contributed by atoms with Gasteiger partial charge < -0.3 is 15.2 Å². The van der Waals surface area contributed by atoms with Crippen LogP contribution in [-0.4, -0.2) is 36.1 Å². The van der Waals surface area contributed by atoms with E-state index in [9.17, 15) is 14.4 Å². The van der Waals surface area contributed by atoms with Crippen LogP contribution in [0.2, 0.25) is 0 Å². The van der Waals surface area contributed by atoms with E-state index < -0.39 is 23.9 Å². The predicted octanol–water partition coefficient (Wildman–Crippen LogP) is 0.555. The van der Waals surface area contributed by atoms with Crippen molar-refractivity contribution in [3.05, 3.63) is 0 Å². The van der Waals surface area contributed by atoms with Gasteiger partial charge in [0.05, 0.1) is 13.5 Å². The fraction of sp³-hybridized carbons (Fsp3) is 0.727. The maximum atomic E-state index is 11.4. The summed E-state index contributed by atoms with van der Waals surface area (Å²) in [7, 11) is 1.24. The van der Waals surface area contributed by atoms with E-state index in [0.29, 0.717) is 6.42 Å². The molecule has 0 aliphatic heterocycles. The van der Waals surface area contributed by atoms with E-state index in [4.69, 9.17) is 5.11 Å². The first-order chi connectivity index (χ1) is 7.86. The number of carbonyl (C=O) groups is 3. The van der Waals surface area contributed by atoms with Crippen molar-refractivity contribution in [2.24, 2.45) is 5.92 Å². The summed E-state index contributed by atoms with van der Waals surface area (Å²) in [6, 6.07) is -0.903. The van der Waals surface area contributed by atoms with E-state index in [-0.39, 0.29) is 18.8 Å². The summed E-state index contributed by atoms with van der Waals surface area (Å²) in [6.45, 7) is 3.74. The number of carboxylic acids is 1. The van der Waals surface area contributed by atoms with Gasteiger partial charge in [-0.25, -0.2) is 4.79 Å². The predicted molar refractivity (Wildman–Crippen MR) is 60.3 cm³/mol. The molecule has 0 aromatic rings. The Morgan fingerprint density at radius 2 is 1.82 bits per heavy atom. The summed E-state index contributed by atoms with van der Waals surface area (Å²) in [6.07, 6.45) is 0.254. The number of carboxylic acid groups (broad SMARTS) is 1. The van der Waals surface area contributed by atoms with E-state index in [1.54, 1.807) is 0 Å². The molecule has 0 aromatic heterocycles. The van der Waals surface area contributed by atoms with Crippen molar-refractivity contribution in [2.45, 2.75) is 39.2 Å². The summed E-state index contributed by atoms with van der Waals surface area (Å²) in [5.74, 6) is -1.85. The zero-order valence-corrected chi connectivity index (χ0v) is 10.4. The van der Waals surface area contributed by atoms with Crippen LogP contribution in [-0.2, 0) is 19.1 Å². The molecule has 0 radical (unpaired) electrons. The van der Waals surface area contributed by atoms with Gasteiger partial charge in [-0.3, -0.25) is 9.59 Å². The van der Waals surface area contributed by atoms with Crippen molar-refractivity contribution in [1.82, 2.24) is 5.32 Å². The number of aliphatic carboxylic acids is 1. The Balaban J connectivity index is 4.13. The third-order valence-electron chi connectivity index (χ3n) is 2.12. The molecule has 0 fully saturated rings. The monoisotopic (exact) mass is 245 g/mol. The number of nitrogens with one attached hydrogen (secondary N) is 1. The van der Waals surface area contributed by atoms with Crippen LogP contribution in [0.3, 0.4) is 0 Å². The van der Waals surface area contributed by atoms with E-state index >= 15 is 0 Å². The molecule has 1 amide bonds. The quantitative estimate of drug-likeness (QED) is 0.639. The van der Waals surface area contributed by atoms with Crippen LogP contribution in [0, 0.1) is 5.92 Å². The van der Waals surface area contributed by atoms with Gasteiger partial charge in [0.2, 0.25) is 5.91 Å². The third kappa shape index (κ3) is 7.32. The van der Waals surface area contributed by atoms with Crippen LogP contribution in [0.5, 0.6) is 0 Å². The van der Waals surface area contributed by atoms with Gasteiger partial charge in [0.15, 0.2) is 0 Å².